The first-order chi connectivity index (χ1) is 21.9. The number of nitrogens with zero attached hydrogens (tertiary/aromatic N) is 2. The highest BCUT2D eigenvalue weighted by Gasteiger charge is 2.88. The van der Waals surface area contributed by atoms with Gasteiger partial charge in [-0.05, 0) is 76.3 Å². The lowest BCUT2D eigenvalue weighted by atomic mass is 9.43. The van der Waals surface area contributed by atoms with Gasteiger partial charge < -0.3 is 0 Å². The fourth-order valence-corrected chi connectivity index (χ4v) is 9.33. The molecule has 45 heavy (non-hydrogen) atoms. The number of carbonyl (C=O) groups is 2. The molecule has 8 heteroatoms. The molecule has 0 spiro atoms. The lowest BCUT2D eigenvalue weighted by molar-refractivity contribution is -0.153. The van der Waals surface area contributed by atoms with Crippen molar-refractivity contribution >= 4 is 62.3 Å². The van der Waals surface area contributed by atoms with Crippen LogP contribution in [0.3, 0.4) is 0 Å². The summed E-state index contributed by atoms with van der Waals surface area (Å²) in [6.45, 7) is 0. The second-order valence-electron chi connectivity index (χ2n) is 12.0. The summed E-state index contributed by atoms with van der Waals surface area (Å²) in [5.41, 5.74) is 2.84. The van der Waals surface area contributed by atoms with Crippen LogP contribution in [0.4, 0.5) is 11.4 Å². The van der Waals surface area contributed by atoms with Gasteiger partial charge in [0.2, 0.25) is 11.5 Å². The molecule has 2 aliphatic heterocycles. The minimum atomic E-state index is -1.62. The number of halogens is 3. The summed E-state index contributed by atoms with van der Waals surface area (Å²) >= 11 is 17.0. The summed E-state index contributed by atoms with van der Waals surface area (Å²) in [7, 11) is 0. The smallest absolute Gasteiger partial charge is 0.271 e. The van der Waals surface area contributed by atoms with Crippen molar-refractivity contribution in [1.29, 1.82) is 0 Å². The number of benzene rings is 5. The fraction of sp³-hybridized carbons (Fsp3) is 0.135. The number of hydrogen-bond acceptors (Lipinski definition) is 4. The summed E-state index contributed by atoms with van der Waals surface area (Å²) in [4.78, 5) is 39.7. The van der Waals surface area contributed by atoms with Crippen molar-refractivity contribution in [3.63, 3.8) is 0 Å². The predicted molar refractivity (Wildman–Crippen MR) is 178 cm³/mol. The maximum absolute atomic E-state index is 15.7. The number of amides is 2. The normalized spacial score (nSPS) is 27.3. The lowest BCUT2D eigenvalue weighted by Gasteiger charge is -2.55. The Hall–Kier alpha value is -3.94. The molecular weight excluding hydrogens is 671 g/mol. The van der Waals surface area contributed by atoms with Crippen molar-refractivity contribution in [2.24, 2.45) is 5.41 Å². The first-order valence-corrected chi connectivity index (χ1v) is 16.2. The Bertz CT molecular complexity index is 2030. The molecular formula is C37H23BrCl2N2O3. The number of imide groups is 1. The van der Waals surface area contributed by atoms with Gasteiger partial charge in [0.05, 0.1) is 17.3 Å². The summed E-state index contributed by atoms with van der Waals surface area (Å²) in [5, 5.41) is 2.64. The van der Waals surface area contributed by atoms with Crippen LogP contribution in [-0.4, -0.2) is 17.4 Å². The maximum Gasteiger partial charge on any atom is 0.271 e. The van der Waals surface area contributed by atoms with Gasteiger partial charge in [-0.1, -0.05) is 112 Å². The van der Waals surface area contributed by atoms with Crippen molar-refractivity contribution in [2.75, 3.05) is 9.96 Å². The second-order valence-corrected chi connectivity index (χ2v) is 13.7. The van der Waals surface area contributed by atoms with E-state index in [0.29, 0.717) is 27.0 Å². The molecule has 5 aromatic rings. The van der Waals surface area contributed by atoms with E-state index in [0.717, 1.165) is 26.7 Å². The molecule has 3 atom stereocenters. The van der Waals surface area contributed by atoms with Crippen LogP contribution >= 0.6 is 39.1 Å². The van der Waals surface area contributed by atoms with Crippen molar-refractivity contribution in [1.82, 2.24) is 0 Å². The number of carbonyl (C=O) groups excluding carboxylic acids is 2. The van der Waals surface area contributed by atoms with E-state index in [-0.39, 0.29) is 11.8 Å². The molecule has 5 aliphatic rings. The van der Waals surface area contributed by atoms with Crippen LogP contribution in [0.5, 0.6) is 0 Å². The lowest BCUT2D eigenvalue weighted by Crippen LogP contribution is -2.63. The Kier molecular flexibility index (Phi) is 5.80. The van der Waals surface area contributed by atoms with E-state index in [1.807, 2.05) is 72.8 Å². The first-order valence-electron chi connectivity index (χ1n) is 14.7. The average molecular weight is 694 g/mol. The molecule has 3 aliphatic carbocycles. The summed E-state index contributed by atoms with van der Waals surface area (Å²) in [6.07, 6.45) is 0. The van der Waals surface area contributed by atoms with Gasteiger partial charge in [0, 0.05) is 20.4 Å². The zero-order chi connectivity index (χ0) is 30.7. The van der Waals surface area contributed by atoms with E-state index < -0.39 is 28.9 Å². The molecule has 2 amide bonds. The Morgan fingerprint density at radius 3 is 1.80 bits per heavy atom. The summed E-state index contributed by atoms with van der Waals surface area (Å²) in [6, 6.07) is 37.7. The van der Waals surface area contributed by atoms with Crippen LogP contribution in [0.1, 0.15) is 45.7 Å². The van der Waals surface area contributed by atoms with E-state index in [1.165, 1.54) is 4.90 Å². The zero-order valence-electron chi connectivity index (χ0n) is 23.5. The van der Waals surface area contributed by atoms with E-state index in [2.05, 4.69) is 40.2 Å². The molecule has 2 heterocycles. The predicted octanol–water partition coefficient (Wildman–Crippen LogP) is 8.84. The average Bonchev–Trinajstić information content (AvgIpc) is 3.49. The molecule has 3 unspecified atom stereocenters. The standard InChI is InChI=1S/C37H23BrCl2N2O3/c38-21-14-17-23(18-15-21)41-34(43)36-31-25-10-4-6-12-27(25)32(28-13-7-5-11-26(28)31)37(36,35(41)44)45-42(24-8-2-1-3-9-24)33(36)29-19-16-22(39)20-30(29)40/h1-20,31-33H. The summed E-state index contributed by atoms with van der Waals surface area (Å²) < 4.78 is 0.844. The third-order valence-corrected chi connectivity index (χ3v) is 11.1. The highest BCUT2D eigenvalue weighted by molar-refractivity contribution is 9.10. The topological polar surface area (TPSA) is 49.9 Å². The van der Waals surface area contributed by atoms with Gasteiger partial charge in [0.15, 0.2) is 0 Å². The Morgan fingerprint density at radius 1 is 0.622 bits per heavy atom. The molecule has 0 N–H and O–H groups in total. The van der Waals surface area contributed by atoms with Crippen LogP contribution in [0.25, 0.3) is 0 Å². The number of hydroxylamine groups is 1. The molecule has 220 valence electrons. The quantitative estimate of drug-likeness (QED) is 0.177. The van der Waals surface area contributed by atoms with E-state index in [9.17, 15) is 0 Å². The van der Waals surface area contributed by atoms with E-state index >= 15 is 9.59 Å². The van der Waals surface area contributed by atoms with Gasteiger partial charge in [-0.3, -0.25) is 14.4 Å². The van der Waals surface area contributed by atoms with Gasteiger partial charge in [-0.15, -0.1) is 0 Å². The van der Waals surface area contributed by atoms with Crippen molar-refractivity contribution in [3.8, 4) is 0 Å². The van der Waals surface area contributed by atoms with Gasteiger partial charge >= 0.3 is 0 Å². The van der Waals surface area contributed by atoms with Crippen LogP contribution in [0.15, 0.2) is 126 Å². The van der Waals surface area contributed by atoms with E-state index in [1.54, 1.807) is 29.3 Å². The van der Waals surface area contributed by atoms with Gasteiger partial charge in [0.1, 0.15) is 11.5 Å². The highest BCUT2D eigenvalue weighted by atomic mass is 79.9. The number of hydrogen-bond donors (Lipinski definition) is 0. The van der Waals surface area contributed by atoms with Gasteiger partial charge in [0.25, 0.3) is 5.91 Å². The molecule has 0 aromatic heterocycles. The Labute approximate surface area is 278 Å². The molecule has 2 bridgehead atoms. The SMILES string of the molecule is O=C1N(c2ccc(Br)cc2)C(=O)C23C4c5ccccc5C(c5ccccc54)C12ON(c1ccccc1)C3c1ccc(Cl)cc1Cl. The third-order valence-electron chi connectivity index (χ3n) is 10.1. The number of para-hydroxylation sites is 1. The van der Waals surface area contributed by atoms with Gasteiger partial charge in [-0.25, -0.2) is 9.96 Å². The van der Waals surface area contributed by atoms with Crippen LogP contribution in [0.2, 0.25) is 10.0 Å². The Balaban J connectivity index is 1.44. The fourth-order valence-electron chi connectivity index (χ4n) is 8.55. The number of anilines is 2. The molecule has 2 fully saturated rings. The zero-order valence-corrected chi connectivity index (χ0v) is 26.6. The summed E-state index contributed by atoms with van der Waals surface area (Å²) in [5.74, 6) is -1.78. The van der Waals surface area contributed by atoms with E-state index in [4.69, 9.17) is 28.0 Å². The largest absolute Gasteiger partial charge is 0.273 e. The maximum atomic E-state index is 15.7. The molecule has 2 saturated heterocycles. The molecule has 0 saturated carbocycles. The third kappa shape index (κ3) is 3.28. The molecule has 5 nitrogen and oxygen atoms in total. The first kappa shape index (κ1) is 27.4. The monoisotopic (exact) mass is 692 g/mol. The minimum Gasteiger partial charge on any atom is -0.273 e. The van der Waals surface area contributed by atoms with Crippen molar-refractivity contribution in [2.45, 2.75) is 23.5 Å². The minimum absolute atomic E-state index is 0.316. The van der Waals surface area contributed by atoms with Crippen LogP contribution < -0.4 is 9.96 Å². The highest BCUT2D eigenvalue weighted by Crippen LogP contribution is 2.78. The number of rotatable bonds is 3. The second kappa shape index (κ2) is 9.54. The molecule has 0 radical (unpaired) electrons. The Morgan fingerprint density at radius 2 is 1.20 bits per heavy atom. The van der Waals surface area contributed by atoms with Crippen molar-refractivity contribution in [3.05, 3.63) is 164 Å². The molecule has 5 aromatic carbocycles. The van der Waals surface area contributed by atoms with Gasteiger partial charge in [-0.2, -0.15) is 0 Å². The van der Waals surface area contributed by atoms with Crippen LogP contribution in [0, 0.1) is 5.41 Å². The van der Waals surface area contributed by atoms with Crippen LogP contribution in [-0.2, 0) is 14.4 Å². The molecule has 10 rings (SSSR count). The van der Waals surface area contributed by atoms with Crippen molar-refractivity contribution < 1.29 is 14.4 Å².